The van der Waals surface area contributed by atoms with Crippen LogP contribution in [0.25, 0.3) is 0 Å². The minimum Gasteiger partial charge on any atom is -0.391 e. The van der Waals surface area contributed by atoms with Crippen LogP contribution in [-0.4, -0.2) is 41.8 Å². The summed E-state index contributed by atoms with van der Waals surface area (Å²) >= 11 is 0. The van der Waals surface area contributed by atoms with Crippen molar-refractivity contribution in [2.75, 3.05) is 19.6 Å². The van der Waals surface area contributed by atoms with E-state index < -0.39 is 0 Å². The molecule has 0 saturated carbocycles. The van der Waals surface area contributed by atoms with Gasteiger partial charge in [-0.05, 0) is 20.4 Å². The highest BCUT2D eigenvalue weighted by molar-refractivity contribution is 4.85. The van der Waals surface area contributed by atoms with E-state index in [1.165, 1.54) is 0 Å². The Morgan fingerprint density at radius 2 is 2.18 bits per heavy atom. The second kappa shape index (κ2) is 3.52. The van der Waals surface area contributed by atoms with Gasteiger partial charge in [0.2, 0.25) is 0 Å². The van der Waals surface area contributed by atoms with Crippen LogP contribution in [0.2, 0.25) is 0 Å². The fraction of sp³-hybridized carbons (Fsp3) is 1.00. The number of hydrogen-bond donors (Lipinski definition) is 2. The molecule has 1 aliphatic rings. The first kappa shape index (κ1) is 8.97. The van der Waals surface area contributed by atoms with Gasteiger partial charge in [0, 0.05) is 25.0 Å². The topological polar surface area (TPSA) is 49.5 Å². The number of aliphatic hydroxyl groups excluding tert-OH is 1. The maximum atomic E-state index is 9.49. The second-order valence-electron chi connectivity index (χ2n) is 3.61. The Labute approximate surface area is 68.2 Å². The van der Waals surface area contributed by atoms with Crippen molar-refractivity contribution in [1.29, 1.82) is 0 Å². The monoisotopic (exact) mass is 158 g/mol. The van der Waals surface area contributed by atoms with Gasteiger partial charge in [-0.25, -0.2) is 0 Å². The predicted molar refractivity (Wildman–Crippen MR) is 45.3 cm³/mol. The molecule has 1 saturated heterocycles. The molecule has 3 N–H and O–H groups in total. The smallest absolute Gasteiger partial charge is 0.0719 e. The molecule has 0 aliphatic carbocycles. The van der Waals surface area contributed by atoms with Crippen LogP contribution in [0, 0.1) is 5.92 Å². The zero-order valence-corrected chi connectivity index (χ0v) is 7.33. The van der Waals surface area contributed by atoms with Gasteiger partial charge < -0.3 is 10.8 Å². The summed E-state index contributed by atoms with van der Waals surface area (Å²) in [7, 11) is 0. The summed E-state index contributed by atoms with van der Waals surface area (Å²) in [6, 6.07) is 0.529. The average Bonchev–Trinajstić information content (AvgIpc) is 2.31. The van der Waals surface area contributed by atoms with Gasteiger partial charge in [0.05, 0.1) is 6.10 Å². The molecule has 3 nitrogen and oxygen atoms in total. The molecule has 11 heavy (non-hydrogen) atoms. The molecule has 0 radical (unpaired) electrons. The molecular weight excluding hydrogens is 140 g/mol. The number of likely N-dealkylation sites (tertiary alicyclic amines) is 1. The molecule has 0 aromatic carbocycles. The van der Waals surface area contributed by atoms with E-state index in [2.05, 4.69) is 18.7 Å². The molecule has 2 atom stereocenters. The summed E-state index contributed by atoms with van der Waals surface area (Å²) in [4.78, 5) is 2.27. The highest BCUT2D eigenvalue weighted by Gasteiger charge is 2.30. The summed E-state index contributed by atoms with van der Waals surface area (Å²) in [5.41, 5.74) is 5.50. The first-order valence-electron chi connectivity index (χ1n) is 4.27. The molecule has 1 fully saturated rings. The van der Waals surface area contributed by atoms with Crippen LogP contribution in [0.5, 0.6) is 0 Å². The van der Waals surface area contributed by atoms with Crippen molar-refractivity contribution >= 4 is 0 Å². The minimum atomic E-state index is -0.206. The highest BCUT2D eigenvalue weighted by Crippen LogP contribution is 2.17. The predicted octanol–water partition coefficient (Wildman–Crippen LogP) is -0.354. The van der Waals surface area contributed by atoms with Gasteiger partial charge in [-0.2, -0.15) is 0 Å². The van der Waals surface area contributed by atoms with E-state index in [1.807, 2.05) is 0 Å². The number of β-amino-alcohol motifs (C(OH)–C–C–N with tert-alkyl or cyclic N) is 1. The van der Waals surface area contributed by atoms with E-state index in [0.29, 0.717) is 12.6 Å². The van der Waals surface area contributed by atoms with Crippen molar-refractivity contribution in [3.63, 3.8) is 0 Å². The van der Waals surface area contributed by atoms with Crippen molar-refractivity contribution < 1.29 is 5.11 Å². The first-order chi connectivity index (χ1) is 5.15. The Morgan fingerprint density at radius 3 is 2.45 bits per heavy atom. The lowest BCUT2D eigenvalue weighted by molar-refractivity contribution is 0.141. The summed E-state index contributed by atoms with van der Waals surface area (Å²) in [5, 5.41) is 9.49. The van der Waals surface area contributed by atoms with E-state index in [0.717, 1.165) is 13.1 Å². The third-order valence-electron chi connectivity index (χ3n) is 2.47. The third-order valence-corrected chi connectivity index (χ3v) is 2.47. The van der Waals surface area contributed by atoms with Gasteiger partial charge in [0.25, 0.3) is 0 Å². The minimum absolute atomic E-state index is 0.206. The lowest BCUT2D eigenvalue weighted by Gasteiger charge is -2.19. The standard InChI is InChI=1S/C8H18N2O/c1-6(2)10-4-7(3-9)8(11)5-10/h6-8,11H,3-5,9H2,1-2H3. The van der Waals surface area contributed by atoms with Gasteiger partial charge in [-0.15, -0.1) is 0 Å². The third kappa shape index (κ3) is 1.92. The molecule has 3 heteroatoms. The van der Waals surface area contributed by atoms with Crippen LogP contribution in [0.15, 0.2) is 0 Å². The largest absolute Gasteiger partial charge is 0.391 e. The van der Waals surface area contributed by atoms with Gasteiger partial charge in [-0.1, -0.05) is 0 Å². The van der Waals surface area contributed by atoms with Crippen LogP contribution >= 0.6 is 0 Å². The molecule has 2 unspecified atom stereocenters. The molecule has 0 bridgehead atoms. The maximum absolute atomic E-state index is 9.49. The van der Waals surface area contributed by atoms with Crippen molar-refractivity contribution in [3.05, 3.63) is 0 Å². The van der Waals surface area contributed by atoms with Gasteiger partial charge >= 0.3 is 0 Å². The Kier molecular flexibility index (Phi) is 2.87. The van der Waals surface area contributed by atoms with Crippen LogP contribution in [0.3, 0.4) is 0 Å². The zero-order chi connectivity index (χ0) is 8.43. The Balaban J connectivity index is 2.43. The van der Waals surface area contributed by atoms with Gasteiger partial charge in [0.1, 0.15) is 0 Å². The SMILES string of the molecule is CC(C)N1CC(O)C(CN)C1. The summed E-state index contributed by atoms with van der Waals surface area (Å²) in [6.07, 6.45) is -0.206. The number of hydrogen-bond acceptors (Lipinski definition) is 3. The quantitative estimate of drug-likeness (QED) is 0.577. The number of nitrogens with two attached hydrogens (primary N) is 1. The fourth-order valence-electron chi connectivity index (χ4n) is 1.54. The molecule has 0 aromatic rings. The van der Waals surface area contributed by atoms with Gasteiger partial charge in [0.15, 0.2) is 0 Å². The molecule has 66 valence electrons. The van der Waals surface area contributed by atoms with E-state index in [-0.39, 0.29) is 12.0 Å². The van der Waals surface area contributed by atoms with Crippen molar-refractivity contribution in [2.45, 2.75) is 26.0 Å². The Hall–Kier alpha value is -0.120. The van der Waals surface area contributed by atoms with Crippen molar-refractivity contribution in [3.8, 4) is 0 Å². The summed E-state index contributed by atoms with van der Waals surface area (Å²) in [6.45, 7) is 6.64. The molecule has 0 aromatic heterocycles. The molecule has 0 amide bonds. The van der Waals surface area contributed by atoms with Crippen LogP contribution in [-0.2, 0) is 0 Å². The highest BCUT2D eigenvalue weighted by atomic mass is 16.3. The Bertz CT molecular complexity index is 127. The molecule has 0 spiro atoms. The maximum Gasteiger partial charge on any atom is 0.0719 e. The lowest BCUT2D eigenvalue weighted by Crippen LogP contribution is -2.29. The van der Waals surface area contributed by atoms with Crippen molar-refractivity contribution in [1.82, 2.24) is 4.90 Å². The molecular formula is C8H18N2O. The normalized spacial score (nSPS) is 33.5. The van der Waals surface area contributed by atoms with E-state index in [9.17, 15) is 5.11 Å². The number of aliphatic hydroxyl groups is 1. The van der Waals surface area contributed by atoms with Gasteiger partial charge in [-0.3, -0.25) is 4.90 Å². The molecule has 1 rings (SSSR count). The second-order valence-corrected chi connectivity index (χ2v) is 3.61. The Morgan fingerprint density at radius 1 is 1.55 bits per heavy atom. The summed E-state index contributed by atoms with van der Waals surface area (Å²) in [5.74, 6) is 0.289. The molecule has 1 aliphatic heterocycles. The number of nitrogens with zero attached hydrogens (tertiary/aromatic N) is 1. The van der Waals surface area contributed by atoms with E-state index in [4.69, 9.17) is 5.73 Å². The van der Waals surface area contributed by atoms with E-state index >= 15 is 0 Å². The van der Waals surface area contributed by atoms with Crippen molar-refractivity contribution in [2.24, 2.45) is 11.7 Å². The first-order valence-corrected chi connectivity index (χ1v) is 4.27. The van der Waals surface area contributed by atoms with E-state index in [1.54, 1.807) is 0 Å². The fourth-order valence-corrected chi connectivity index (χ4v) is 1.54. The van der Waals surface area contributed by atoms with Crippen LogP contribution in [0.1, 0.15) is 13.8 Å². The van der Waals surface area contributed by atoms with Crippen LogP contribution < -0.4 is 5.73 Å². The number of rotatable bonds is 2. The zero-order valence-electron chi connectivity index (χ0n) is 7.33. The average molecular weight is 158 g/mol. The molecule has 1 heterocycles. The van der Waals surface area contributed by atoms with Crippen LogP contribution in [0.4, 0.5) is 0 Å². The summed E-state index contributed by atoms with van der Waals surface area (Å²) < 4.78 is 0. The lowest BCUT2D eigenvalue weighted by atomic mass is 10.1.